The Labute approximate surface area is 137 Å². The van der Waals surface area contributed by atoms with Crippen LogP contribution in [0.1, 0.15) is 36.0 Å². The molecule has 1 spiro atoms. The molecule has 0 bridgehead atoms. The minimum atomic E-state index is -0.887. The number of rotatable bonds is 3. The van der Waals surface area contributed by atoms with Gasteiger partial charge >= 0.3 is 6.03 Å². The molecule has 0 radical (unpaired) electrons. The Balaban J connectivity index is 1.68. The molecule has 0 saturated carbocycles. The van der Waals surface area contributed by atoms with Crippen LogP contribution >= 0.6 is 11.3 Å². The molecule has 23 heavy (non-hydrogen) atoms. The monoisotopic (exact) mass is 331 g/mol. The molecule has 1 aliphatic heterocycles. The van der Waals surface area contributed by atoms with Crippen molar-refractivity contribution in [2.24, 2.45) is 0 Å². The van der Waals surface area contributed by atoms with Crippen molar-refractivity contribution in [2.45, 2.75) is 44.8 Å². The van der Waals surface area contributed by atoms with Gasteiger partial charge in [0, 0.05) is 17.0 Å². The van der Waals surface area contributed by atoms with Crippen LogP contribution < -0.4 is 5.32 Å². The molecule has 2 aromatic rings. The highest BCUT2D eigenvalue weighted by Crippen LogP contribution is 2.42. The highest BCUT2D eigenvalue weighted by Gasteiger charge is 2.54. The number of nitrogens with zero attached hydrogens (tertiary/aromatic N) is 4. The Morgan fingerprint density at radius 1 is 1.43 bits per heavy atom. The predicted octanol–water partition coefficient (Wildman–Crippen LogP) is 1.64. The van der Waals surface area contributed by atoms with Gasteiger partial charge in [-0.15, -0.1) is 11.3 Å². The number of imide groups is 1. The molecule has 3 amide bonds. The number of nitrogens with one attached hydrogen (secondary N) is 1. The fraction of sp³-hybridized carbons (Fsp3) is 0.467. The van der Waals surface area contributed by atoms with Crippen molar-refractivity contribution in [3.63, 3.8) is 0 Å². The summed E-state index contributed by atoms with van der Waals surface area (Å²) in [5.74, 6) is 0.446. The fourth-order valence-electron chi connectivity index (χ4n) is 3.50. The molecule has 1 aliphatic carbocycles. The molecule has 7 nitrogen and oxygen atoms in total. The van der Waals surface area contributed by atoms with Gasteiger partial charge in [0.2, 0.25) is 0 Å². The quantitative estimate of drug-likeness (QED) is 0.867. The Kier molecular flexibility index (Phi) is 3.22. The van der Waals surface area contributed by atoms with Gasteiger partial charge in [-0.3, -0.25) is 9.69 Å². The molecule has 1 saturated heterocycles. The highest BCUT2D eigenvalue weighted by atomic mass is 32.1. The molecule has 3 heterocycles. The number of aryl methyl sites for hydroxylation is 2. The molecule has 2 aromatic heterocycles. The fourth-order valence-corrected chi connectivity index (χ4v) is 4.50. The number of hydrogen-bond acceptors (Lipinski definition) is 5. The summed E-state index contributed by atoms with van der Waals surface area (Å²) in [7, 11) is 0. The van der Waals surface area contributed by atoms with Crippen molar-refractivity contribution in [2.75, 3.05) is 0 Å². The van der Waals surface area contributed by atoms with Crippen LogP contribution in [0, 0.1) is 0 Å². The van der Waals surface area contributed by atoms with E-state index in [1.807, 2.05) is 18.4 Å². The van der Waals surface area contributed by atoms with Crippen LogP contribution in [0.5, 0.6) is 0 Å². The zero-order valence-corrected chi connectivity index (χ0v) is 13.6. The van der Waals surface area contributed by atoms with Crippen molar-refractivity contribution in [3.8, 4) is 0 Å². The van der Waals surface area contributed by atoms with Gasteiger partial charge < -0.3 is 5.32 Å². The maximum Gasteiger partial charge on any atom is 0.325 e. The van der Waals surface area contributed by atoms with Gasteiger partial charge in [0.05, 0.1) is 6.54 Å². The van der Waals surface area contributed by atoms with Crippen LogP contribution in [0.15, 0.2) is 17.8 Å². The molecular weight excluding hydrogens is 314 g/mol. The minimum absolute atomic E-state index is 0.153. The molecular formula is C15H17N5O2S. The first-order valence-electron chi connectivity index (χ1n) is 7.73. The SMILES string of the molecule is CCn1ncnc1CN1C(=O)N[C@]2(CCCc3sccc32)C1=O. The number of aromatic nitrogens is 3. The van der Waals surface area contributed by atoms with Crippen molar-refractivity contribution in [1.29, 1.82) is 0 Å². The summed E-state index contributed by atoms with van der Waals surface area (Å²) in [4.78, 5) is 32.2. The summed E-state index contributed by atoms with van der Waals surface area (Å²) < 4.78 is 1.70. The second-order valence-corrected chi connectivity index (χ2v) is 6.83. The van der Waals surface area contributed by atoms with Crippen molar-refractivity contribution < 1.29 is 9.59 Å². The number of hydrogen-bond donors (Lipinski definition) is 1. The lowest BCUT2D eigenvalue weighted by Gasteiger charge is -2.31. The van der Waals surface area contributed by atoms with Gasteiger partial charge in [-0.05, 0) is 37.6 Å². The van der Waals surface area contributed by atoms with Crippen LogP contribution in [-0.4, -0.2) is 31.6 Å². The lowest BCUT2D eigenvalue weighted by molar-refractivity contribution is -0.132. The second-order valence-electron chi connectivity index (χ2n) is 5.83. The van der Waals surface area contributed by atoms with E-state index in [2.05, 4.69) is 15.4 Å². The lowest BCUT2D eigenvalue weighted by Crippen LogP contribution is -2.46. The normalized spacial score (nSPS) is 23.4. The van der Waals surface area contributed by atoms with Crippen molar-refractivity contribution in [3.05, 3.63) is 34.0 Å². The third kappa shape index (κ3) is 2.01. The van der Waals surface area contributed by atoms with Crippen LogP contribution in [-0.2, 0) is 29.8 Å². The third-order valence-corrected chi connectivity index (χ3v) is 5.61. The Morgan fingerprint density at radius 3 is 3.13 bits per heavy atom. The number of fused-ring (bicyclic) bond motifs is 2. The smallest absolute Gasteiger partial charge is 0.319 e. The Morgan fingerprint density at radius 2 is 2.30 bits per heavy atom. The van der Waals surface area contributed by atoms with Gasteiger partial charge in [-0.25, -0.2) is 14.5 Å². The van der Waals surface area contributed by atoms with Crippen molar-refractivity contribution >= 4 is 23.3 Å². The summed E-state index contributed by atoms with van der Waals surface area (Å²) >= 11 is 1.65. The van der Waals surface area contributed by atoms with E-state index in [0.29, 0.717) is 18.8 Å². The van der Waals surface area contributed by atoms with E-state index in [4.69, 9.17) is 0 Å². The average Bonchev–Trinajstić information content (AvgIpc) is 3.24. The van der Waals surface area contributed by atoms with Crippen LogP contribution in [0.3, 0.4) is 0 Å². The molecule has 0 unspecified atom stereocenters. The van der Waals surface area contributed by atoms with Crippen LogP contribution in [0.2, 0.25) is 0 Å². The van der Waals surface area contributed by atoms with E-state index < -0.39 is 5.54 Å². The van der Waals surface area contributed by atoms with E-state index in [9.17, 15) is 9.59 Å². The van der Waals surface area contributed by atoms with Gasteiger partial charge in [-0.1, -0.05) is 0 Å². The largest absolute Gasteiger partial charge is 0.325 e. The highest BCUT2D eigenvalue weighted by molar-refractivity contribution is 7.10. The van der Waals surface area contributed by atoms with E-state index >= 15 is 0 Å². The zero-order chi connectivity index (χ0) is 16.0. The summed E-state index contributed by atoms with van der Waals surface area (Å²) in [5.41, 5.74) is 0.0772. The first-order valence-corrected chi connectivity index (χ1v) is 8.61. The lowest BCUT2D eigenvalue weighted by atomic mass is 9.80. The van der Waals surface area contributed by atoms with E-state index in [1.165, 1.54) is 16.1 Å². The van der Waals surface area contributed by atoms with E-state index in [1.54, 1.807) is 16.0 Å². The molecule has 2 aliphatic rings. The van der Waals surface area contributed by atoms with Gasteiger partial charge in [0.25, 0.3) is 5.91 Å². The third-order valence-electron chi connectivity index (χ3n) is 4.63. The molecule has 4 rings (SSSR count). The first-order chi connectivity index (χ1) is 11.2. The maximum absolute atomic E-state index is 13.1. The Hall–Kier alpha value is -2.22. The second kappa shape index (κ2) is 5.16. The molecule has 8 heteroatoms. The first kappa shape index (κ1) is 14.4. The topological polar surface area (TPSA) is 80.1 Å². The van der Waals surface area contributed by atoms with Crippen LogP contribution in [0.25, 0.3) is 0 Å². The standard InChI is InChI=1S/C15H17N5O2S/c1-2-20-12(16-9-17-20)8-19-13(21)15(18-14(19)22)6-3-4-11-10(15)5-7-23-11/h5,7,9H,2-4,6,8H2,1H3,(H,18,22)/t15-/m0/s1. The minimum Gasteiger partial charge on any atom is -0.319 e. The van der Waals surface area contributed by atoms with Gasteiger partial charge in [0.1, 0.15) is 17.7 Å². The van der Waals surface area contributed by atoms with Gasteiger partial charge in [0.15, 0.2) is 0 Å². The summed E-state index contributed by atoms with van der Waals surface area (Å²) in [6.45, 7) is 2.75. The predicted molar refractivity (Wildman–Crippen MR) is 83.7 cm³/mol. The molecule has 1 fully saturated rings. The Bertz CT molecular complexity index is 782. The van der Waals surface area contributed by atoms with Gasteiger partial charge in [-0.2, -0.15) is 5.10 Å². The van der Waals surface area contributed by atoms with E-state index in [0.717, 1.165) is 18.4 Å². The number of urea groups is 1. The number of carbonyl (C=O) groups is 2. The summed E-state index contributed by atoms with van der Waals surface area (Å²) in [6, 6.07) is 1.62. The number of thiophene rings is 1. The molecule has 1 atom stereocenters. The summed E-state index contributed by atoms with van der Waals surface area (Å²) in [5, 5.41) is 9.04. The number of carbonyl (C=O) groups excluding carboxylic acids is 2. The maximum atomic E-state index is 13.1. The summed E-state index contributed by atoms with van der Waals surface area (Å²) in [6.07, 6.45) is 3.98. The number of amides is 3. The van der Waals surface area contributed by atoms with Crippen molar-refractivity contribution in [1.82, 2.24) is 25.0 Å². The van der Waals surface area contributed by atoms with E-state index in [-0.39, 0.29) is 18.5 Å². The molecule has 1 N–H and O–H groups in total. The molecule has 120 valence electrons. The average molecular weight is 331 g/mol. The molecule has 0 aromatic carbocycles. The zero-order valence-electron chi connectivity index (χ0n) is 12.8. The van der Waals surface area contributed by atoms with Crippen LogP contribution in [0.4, 0.5) is 4.79 Å².